The van der Waals surface area contributed by atoms with E-state index < -0.39 is 26.8 Å². The Hall–Kier alpha value is -0.660. The number of ether oxygens (including phenoxy) is 1. The van der Waals surface area contributed by atoms with Crippen molar-refractivity contribution in [3.63, 3.8) is 0 Å². The molecule has 2 fully saturated rings. The summed E-state index contributed by atoms with van der Waals surface area (Å²) in [7, 11) is -2.09. The van der Waals surface area contributed by atoms with Crippen LogP contribution in [0.25, 0.3) is 0 Å². The average molecular weight is 263 g/mol. The van der Waals surface area contributed by atoms with Crippen molar-refractivity contribution in [1.82, 2.24) is 4.31 Å². The van der Waals surface area contributed by atoms with Gasteiger partial charge in [0.25, 0.3) is 0 Å². The third kappa shape index (κ3) is 1.96. The monoisotopic (exact) mass is 263 g/mol. The Labute approximate surface area is 101 Å². The quantitative estimate of drug-likeness (QED) is 0.757. The van der Waals surface area contributed by atoms with Crippen LogP contribution in [-0.2, 0) is 19.6 Å². The Morgan fingerprint density at radius 2 is 2.18 bits per heavy atom. The Bertz CT molecular complexity index is 414. The van der Waals surface area contributed by atoms with Crippen LogP contribution in [0.5, 0.6) is 0 Å². The van der Waals surface area contributed by atoms with Crippen LogP contribution in [0.3, 0.4) is 0 Å². The molecule has 17 heavy (non-hydrogen) atoms. The largest absolute Gasteiger partial charge is 0.480 e. The molecule has 6 nitrogen and oxygen atoms in total. The standard InChI is InChI=1S/C10H17NO5S/c1-16-7-10(4-5-10)17(14,15)11-6-2-3-8(11)9(12)13/h8H,2-7H2,1H3,(H,12,13)/t8-/m0/s1. The Balaban J connectivity index is 2.24. The summed E-state index contributed by atoms with van der Waals surface area (Å²) >= 11 is 0. The maximum absolute atomic E-state index is 12.4. The molecule has 0 aromatic carbocycles. The van der Waals surface area contributed by atoms with Gasteiger partial charge in [-0.2, -0.15) is 4.31 Å². The van der Waals surface area contributed by atoms with E-state index in [2.05, 4.69) is 0 Å². The van der Waals surface area contributed by atoms with E-state index in [1.807, 2.05) is 0 Å². The predicted octanol–water partition coefficient (Wildman–Crippen LogP) is 0.0442. The van der Waals surface area contributed by atoms with E-state index in [9.17, 15) is 13.2 Å². The third-order valence-corrected chi connectivity index (χ3v) is 6.23. The summed E-state index contributed by atoms with van der Waals surface area (Å²) in [6, 6.07) is -0.894. The van der Waals surface area contributed by atoms with E-state index in [1.54, 1.807) is 0 Å². The second-order valence-electron chi connectivity index (χ2n) is 4.73. The zero-order chi connectivity index (χ0) is 12.7. The topological polar surface area (TPSA) is 83.9 Å². The molecular formula is C10H17NO5S. The van der Waals surface area contributed by atoms with E-state index in [4.69, 9.17) is 9.84 Å². The van der Waals surface area contributed by atoms with Crippen LogP contribution < -0.4 is 0 Å². The lowest BCUT2D eigenvalue weighted by Gasteiger charge is -2.26. The minimum absolute atomic E-state index is 0.151. The lowest BCUT2D eigenvalue weighted by Crippen LogP contribution is -2.47. The molecule has 7 heteroatoms. The van der Waals surface area contributed by atoms with E-state index in [0.717, 1.165) is 4.31 Å². The summed E-state index contributed by atoms with van der Waals surface area (Å²) in [6.45, 7) is 0.461. The van der Waals surface area contributed by atoms with Crippen molar-refractivity contribution in [2.24, 2.45) is 0 Å². The number of carboxylic acids is 1. The lowest BCUT2D eigenvalue weighted by molar-refractivity contribution is -0.140. The smallest absolute Gasteiger partial charge is 0.322 e. The maximum atomic E-state index is 12.4. The molecule has 1 atom stereocenters. The van der Waals surface area contributed by atoms with Crippen LogP contribution in [0.2, 0.25) is 0 Å². The lowest BCUT2D eigenvalue weighted by atomic mass is 10.2. The summed E-state index contributed by atoms with van der Waals surface area (Å²) in [4.78, 5) is 11.0. The predicted molar refractivity (Wildman–Crippen MR) is 60.1 cm³/mol. The minimum Gasteiger partial charge on any atom is -0.480 e. The highest BCUT2D eigenvalue weighted by Gasteiger charge is 2.59. The van der Waals surface area contributed by atoms with Gasteiger partial charge >= 0.3 is 5.97 Å². The molecule has 1 aliphatic carbocycles. The fourth-order valence-corrected chi connectivity index (χ4v) is 4.68. The molecule has 0 unspecified atom stereocenters. The second-order valence-corrected chi connectivity index (χ2v) is 7.01. The van der Waals surface area contributed by atoms with Crippen LogP contribution in [0, 0.1) is 0 Å². The Morgan fingerprint density at radius 3 is 2.65 bits per heavy atom. The van der Waals surface area contributed by atoms with Crippen LogP contribution in [0.1, 0.15) is 25.7 Å². The molecule has 98 valence electrons. The second kappa shape index (κ2) is 4.22. The number of hydrogen-bond acceptors (Lipinski definition) is 4. The maximum Gasteiger partial charge on any atom is 0.322 e. The highest BCUT2D eigenvalue weighted by atomic mass is 32.2. The van der Waals surface area contributed by atoms with Crippen LogP contribution in [0.4, 0.5) is 0 Å². The SMILES string of the molecule is COCC1(S(=O)(=O)N2CCC[C@H]2C(=O)O)CC1. The van der Waals surface area contributed by atoms with E-state index in [0.29, 0.717) is 32.2 Å². The minimum atomic E-state index is -3.56. The van der Waals surface area contributed by atoms with Crippen molar-refractivity contribution in [2.45, 2.75) is 36.5 Å². The van der Waals surface area contributed by atoms with E-state index >= 15 is 0 Å². The zero-order valence-electron chi connectivity index (χ0n) is 9.76. The summed E-state index contributed by atoms with van der Waals surface area (Å²) in [5.74, 6) is -1.06. The number of sulfonamides is 1. The highest BCUT2D eigenvalue weighted by molar-refractivity contribution is 7.90. The number of methoxy groups -OCH3 is 1. The van der Waals surface area contributed by atoms with Crippen LogP contribution >= 0.6 is 0 Å². The van der Waals surface area contributed by atoms with Crippen molar-refractivity contribution in [2.75, 3.05) is 20.3 Å². The molecule has 0 bridgehead atoms. The van der Waals surface area contributed by atoms with Crippen molar-refractivity contribution < 1.29 is 23.1 Å². The van der Waals surface area contributed by atoms with Gasteiger partial charge in [0.2, 0.25) is 10.0 Å². The number of carbonyl (C=O) groups is 1. The summed E-state index contributed by atoms with van der Waals surface area (Å²) in [5, 5.41) is 9.03. The third-order valence-electron chi connectivity index (χ3n) is 3.56. The van der Waals surface area contributed by atoms with E-state index in [1.165, 1.54) is 7.11 Å². The van der Waals surface area contributed by atoms with Gasteiger partial charge in [0.15, 0.2) is 0 Å². The molecule has 1 N–H and O–H groups in total. The molecule has 0 spiro atoms. The Morgan fingerprint density at radius 1 is 1.53 bits per heavy atom. The summed E-state index contributed by atoms with van der Waals surface area (Å²) < 4.78 is 30.1. The van der Waals surface area contributed by atoms with Gasteiger partial charge in [0.1, 0.15) is 10.8 Å². The number of nitrogens with zero attached hydrogens (tertiary/aromatic N) is 1. The molecule has 2 aliphatic rings. The van der Waals surface area contributed by atoms with Gasteiger partial charge in [0, 0.05) is 13.7 Å². The molecule has 0 radical (unpaired) electrons. The number of rotatable bonds is 5. The van der Waals surface area contributed by atoms with E-state index in [-0.39, 0.29) is 6.61 Å². The molecule has 1 saturated heterocycles. The van der Waals surface area contributed by atoms with Gasteiger partial charge in [-0.25, -0.2) is 8.42 Å². The van der Waals surface area contributed by atoms with Crippen molar-refractivity contribution in [1.29, 1.82) is 0 Å². The van der Waals surface area contributed by atoms with Gasteiger partial charge in [0.05, 0.1) is 6.61 Å². The summed E-state index contributed by atoms with van der Waals surface area (Å²) in [6.07, 6.45) is 2.13. The average Bonchev–Trinajstić information content (AvgIpc) is 2.88. The van der Waals surface area contributed by atoms with Gasteiger partial charge in [-0.1, -0.05) is 0 Å². The van der Waals surface area contributed by atoms with Gasteiger partial charge in [-0.05, 0) is 25.7 Å². The van der Waals surface area contributed by atoms with Crippen molar-refractivity contribution in [3.05, 3.63) is 0 Å². The zero-order valence-corrected chi connectivity index (χ0v) is 10.6. The van der Waals surface area contributed by atoms with Crippen LogP contribution in [0.15, 0.2) is 0 Å². The number of carboxylic acid groups (broad SMARTS) is 1. The molecule has 1 heterocycles. The molecule has 0 amide bonds. The normalized spacial score (nSPS) is 28.2. The Kier molecular flexibility index (Phi) is 3.17. The number of aliphatic carboxylic acids is 1. The molecule has 2 rings (SSSR count). The van der Waals surface area contributed by atoms with Gasteiger partial charge in [-0.15, -0.1) is 0 Å². The van der Waals surface area contributed by atoms with Crippen molar-refractivity contribution >= 4 is 16.0 Å². The molecule has 1 aliphatic heterocycles. The molecule has 1 saturated carbocycles. The first kappa shape index (κ1) is 12.8. The first-order valence-corrected chi connectivity index (χ1v) is 7.12. The van der Waals surface area contributed by atoms with Gasteiger partial charge < -0.3 is 9.84 Å². The van der Waals surface area contributed by atoms with Gasteiger partial charge in [-0.3, -0.25) is 4.79 Å². The molecular weight excluding hydrogens is 246 g/mol. The fourth-order valence-electron chi connectivity index (χ4n) is 2.40. The first-order chi connectivity index (χ1) is 7.94. The first-order valence-electron chi connectivity index (χ1n) is 5.68. The summed E-state index contributed by atoms with van der Waals surface area (Å²) in [5.41, 5.74) is 0. The number of hydrogen-bond donors (Lipinski definition) is 1. The molecule has 0 aromatic rings. The highest BCUT2D eigenvalue weighted by Crippen LogP contribution is 2.46. The fraction of sp³-hybridized carbons (Fsp3) is 0.900. The van der Waals surface area contributed by atoms with Crippen LogP contribution in [-0.4, -0.2) is 54.8 Å². The molecule has 0 aromatic heterocycles. The van der Waals surface area contributed by atoms with Crippen molar-refractivity contribution in [3.8, 4) is 0 Å².